The first-order valence-corrected chi connectivity index (χ1v) is 8.95. The van der Waals surface area contributed by atoms with Gasteiger partial charge in [0.25, 0.3) is 5.89 Å². The minimum atomic E-state index is -0.437. The van der Waals surface area contributed by atoms with E-state index in [-0.39, 0.29) is 6.61 Å². The number of carbonyl (C=O) groups is 1. The molecule has 3 aromatic heterocycles. The number of rotatable bonds is 4. The number of fused-ring (bicyclic) bond motifs is 1. The Hall–Kier alpha value is -3.06. The van der Waals surface area contributed by atoms with Crippen molar-refractivity contribution in [2.24, 2.45) is 0 Å². The maximum atomic E-state index is 12.6. The van der Waals surface area contributed by atoms with Crippen molar-refractivity contribution in [1.29, 1.82) is 0 Å². The molecule has 0 unspecified atom stereocenters. The van der Waals surface area contributed by atoms with Crippen LogP contribution in [0.25, 0.3) is 22.4 Å². The number of hydrogen-bond donors (Lipinski definition) is 0. The highest BCUT2D eigenvalue weighted by molar-refractivity contribution is 7.08. The number of pyridine rings is 1. The van der Waals surface area contributed by atoms with Crippen LogP contribution in [0.3, 0.4) is 0 Å². The molecule has 3 heterocycles. The summed E-state index contributed by atoms with van der Waals surface area (Å²) in [5.74, 6) is 0.303. The van der Waals surface area contributed by atoms with E-state index in [0.717, 1.165) is 27.7 Å². The molecule has 0 saturated carbocycles. The molecule has 0 aliphatic rings. The Kier molecular flexibility index (Phi) is 4.22. The van der Waals surface area contributed by atoms with Crippen LogP contribution in [0.5, 0.6) is 0 Å². The van der Waals surface area contributed by atoms with E-state index in [0.29, 0.717) is 17.3 Å². The third-order valence-electron chi connectivity index (χ3n) is 3.88. The predicted octanol–water partition coefficient (Wildman–Crippen LogP) is 4.32. The lowest BCUT2D eigenvalue weighted by Crippen LogP contribution is -2.08. The monoisotopic (exact) mass is 365 g/mol. The first kappa shape index (κ1) is 16.4. The molecule has 4 rings (SSSR count). The molecule has 0 fully saturated rings. The topological polar surface area (TPSA) is 78.1 Å². The van der Waals surface area contributed by atoms with E-state index in [1.54, 1.807) is 17.4 Å². The van der Waals surface area contributed by atoms with Gasteiger partial charge in [0.05, 0.1) is 16.6 Å². The van der Waals surface area contributed by atoms with Crippen LogP contribution in [0.4, 0.5) is 0 Å². The van der Waals surface area contributed by atoms with Crippen LogP contribution in [0, 0.1) is 13.8 Å². The van der Waals surface area contributed by atoms with Crippen LogP contribution in [0.2, 0.25) is 0 Å². The first-order valence-electron chi connectivity index (χ1n) is 8.00. The molecular weight excluding hydrogens is 350 g/mol. The molecule has 4 aromatic rings. The molecule has 0 amide bonds. The lowest BCUT2D eigenvalue weighted by Gasteiger charge is -2.08. The second-order valence-electron chi connectivity index (χ2n) is 5.94. The summed E-state index contributed by atoms with van der Waals surface area (Å²) in [5, 5.41) is 8.47. The third kappa shape index (κ3) is 3.21. The van der Waals surface area contributed by atoms with Gasteiger partial charge in [0.15, 0.2) is 6.61 Å². The van der Waals surface area contributed by atoms with E-state index < -0.39 is 5.97 Å². The summed E-state index contributed by atoms with van der Waals surface area (Å²) in [5.41, 5.74) is 3.91. The van der Waals surface area contributed by atoms with Gasteiger partial charge in [-0.05, 0) is 43.5 Å². The number of aryl methyl sites for hydroxylation is 2. The highest BCUT2D eigenvalue weighted by Crippen LogP contribution is 2.22. The summed E-state index contributed by atoms with van der Waals surface area (Å²) < 4.78 is 10.6. The van der Waals surface area contributed by atoms with Gasteiger partial charge in [-0.1, -0.05) is 16.8 Å². The Morgan fingerprint density at radius 2 is 2.08 bits per heavy atom. The zero-order valence-electron chi connectivity index (χ0n) is 14.2. The van der Waals surface area contributed by atoms with Crippen molar-refractivity contribution in [3.63, 3.8) is 0 Å². The molecule has 0 spiro atoms. The van der Waals surface area contributed by atoms with Crippen LogP contribution in [-0.4, -0.2) is 21.1 Å². The molecule has 6 nitrogen and oxygen atoms in total. The van der Waals surface area contributed by atoms with E-state index in [2.05, 4.69) is 15.1 Å². The summed E-state index contributed by atoms with van der Waals surface area (Å²) >= 11 is 1.54. The maximum absolute atomic E-state index is 12.6. The number of aromatic nitrogens is 3. The van der Waals surface area contributed by atoms with Gasteiger partial charge in [-0.3, -0.25) is 4.98 Å². The lowest BCUT2D eigenvalue weighted by molar-refractivity contribution is 0.0462. The van der Waals surface area contributed by atoms with E-state index >= 15 is 0 Å². The summed E-state index contributed by atoms with van der Waals surface area (Å²) in [6.07, 6.45) is 0. The van der Waals surface area contributed by atoms with Gasteiger partial charge in [-0.15, -0.1) is 0 Å². The van der Waals surface area contributed by atoms with Gasteiger partial charge in [0.2, 0.25) is 5.82 Å². The standard InChI is InChI=1S/C19H15N3O3S/c1-11-3-4-16-14(7-11)15(8-12(2)20-16)19(23)24-9-17-21-18(25-22-17)13-5-6-26-10-13/h3-8,10H,9H2,1-2H3. The van der Waals surface area contributed by atoms with Crippen molar-refractivity contribution < 1.29 is 14.1 Å². The zero-order valence-corrected chi connectivity index (χ0v) is 15.0. The van der Waals surface area contributed by atoms with Crippen LogP contribution >= 0.6 is 11.3 Å². The number of nitrogens with zero attached hydrogens (tertiary/aromatic N) is 3. The minimum Gasteiger partial charge on any atom is -0.454 e. The van der Waals surface area contributed by atoms with Crippen molar-refractivity contribution in [2.45, 2.75) is 20.5 Å². The molecule has 7 heteroatoms. The number of ether oxygens (including phenoxy) is 1. The first-order chi connectivity index (χ1) is 12.6. The molecule has 0 bridgehead atoms. The van der Waals surface area contributed by atoms with Crippen molar-refractivity contribution in [3.8, 4) is 11.5 Å². The molecule has 0 N–H and O–H groups in total. The van der Waals surface area contributed by atoms with Crippen LogP contribution in [-0.2, 0) is 11.3 Å². The van der Waals surface area contributed by atoms with Gasteiger partial charge in [-0.2, -0.15) is 16.3 Å². The fourth-order valence-corrected chi connectivity index (χ4v) is 3.29. The molecule has 26 heavy (non-hydrogen) atoms. The second kappa shape index (κ2) is 6.68. The smallest absolute Gasteiger partial charge is 0.339 e. The van der Waals surface area contributed by atoms with Crippen molar-refractivity contribution in [3.05, 3.63) is 63.7 Å². The largest absolute Gasteiger partial charge is 0.454 e. The Morgan fingerprint density at radius 1 is 1.19 bits per heavy atom. The highest BCUT2D eigenvalue weighted by Gasteiger charge is 2.16. The molecule has 0 radical (unpaired) electrons. The number of esters is 1. The predicted molar refractivity (Wildman–Crippen MR) is 97.9 cm³/mol. The quantitative estimate of drug-likeness (QED) is 0.501. The lowest BCUT2D eigenvalue weighted by atomic mass is 10.1. The zero-order chi connectivity index (χ0) is 18.1. The second-order valence-corrected chi connectivity index (χ2v) is 6.72. The summed E-state index contributed by atoms with van der Waals surface area (Å²) in [6.45, 7) is 3.77. The minimum absolute atomic E-state index is 0.0544. The maximum Gasteiger partial charge on any atom is 0.339 e. The van der Waals surface area contributed by atoms with E-state index in [4.69, 9.17) is 9.26 Å². The Morgan fingerprint density at radius 3 is 2.88 bits per heavy atom. The van der Waals surface area contributed by atoms with Crippen molar-refractivity contribution in [1.82, 2.24) is 15.1 Å². The summed E-state index contributed by atoms with van der Waals surface area (Å²) in [4.78, 5) is 21.3. The molecule has 130 valence electrons. The van der Waals surface area contributed by atoms with Crippen molar-refractivity contribution in [2.75, 3.05) is 0 Å². The number of carbonyl (C=O) groups excluding carboxylic acids is 1. The Labute approximate surface area is 153 Å². The Balaban J connectivity index is 1.55. The molecule has 0 atom stereocenters. The molecular formula is C19H15N3O3S. The molecule has 0 saturated heterocycles. The van der Waals surface area contributed by atoms with Gasteiger partial charge in [0.1, 0.15) is 0 Å². The van der Waals surface area contributed by atoms with Crippen LogP contribution in [0.15, 0.2) is 45.6 Å². The fraction of sp³-hybridized carbons (Fsp3) is 0.158. The average molecular weight is 365 g/mol. The number of benzene rings is 1. The van der Waals surface area contributed by atoms with Gasteiger partial charge in [0, 0.05) is 16.5 Å². The number of thiophene rings is 1. The normalized spacial score (nSPS) is 11.0. The Bertz CT molecular complexity index is 1090. The van der Waals surface area contributed by atoms with Crippen LogP contribution in [0.1, 0.15) is 27.4 Å². The van der Waals surface area contributed by atoms with E-state index in [9.17, 15) is 4.79 Å². The van der Waals surface area contributed by atoms with E-state index in [1.807, 2.05) is 48.9 Å². The third-order valence-corrected chi connectivity index (χ3v) is 4.56. The average Bonchev–Trinajstić information content (AvgIpc) is 3.30. The fourth-order valence-electron chi connectivity index (χ4n) is 2.66. The molecule has 0 aliphatic carbocycles. The molecule has 0 aliphatic heterocycles. The van der Waals surface area contributed by atoms with Gasteiger partial charge >= 0.3 is 5.97 Å². The summed E-state index contributed by atoms with van der Waals surface area (Å²) in [6, 6.07) is 9.43. The van der Waals surface area contributed by atoms with Crippen LogP contribution < -0.4 is 0 Å². The van der Waals surface area contributed by atoms with E-state index in [1.165, 1.54) is 0 Å². The SMILES string of the molecule is Cc1ccc2nc(C)cc(C(=O)OCc3noc(-c4ccsc4)n3)c2c1. The van der Waals surface area contributed by atoms with Gasteiger partial charge < -0.3 is 9.26 Å². The number of hydrogen-bond acceptors (Lipinski definition) is 7. The van der Waals surface area contributed by atoms with Crippen molar-refractivity contribution >= 4 is 28.2 Å². The highest BCUT2D eigenvalue weighted by atomic mass is 32.1. The van der Waals surface area contributed by atoms with Gasteiger partial charge in [-0.25, -0.2) is 4.79 Å². The summed E-state index contributed by atoms with van der Waals surface area (Å²) in [7, 11) is 0. The molecule has 1 aromatic carbocycles.